The van der Waals surface area contributed by atoms with Gasteiger partial charge in [-0.3, -0.25) is 0 Å². The number of carbonyl (C=O) groups is 1. The van der Waals surface area contributed by atoms with Gasteiger partial charge in [-0.25, -0.2) is 4.79 Å². The summed E-state index contributed by atoms with van der Waals surface area (Å²) in [5.41, 5.74) is 1.64. The Morgan fingerprint density at radius 1 is 1.00 bits per heavy atom. The van der Waals surface area contributed by atoms with Crippen LogP contribution in [-0.4, -0.2) is 16.2 Å². The predicted molar refractivity (Wildman–Crippen MR) is 69.7 cm³/mol. The van der Waals surface area contributed by atoms with Crippen molar-refractivity contribution in [1.29, 1.82) is 0 Å². The van der Waals surface area contributed by atoms with Crippen LogP contribution in [0.25, 0.3) is 11.6 Å². The molecule has 0 atom stereocenters. The van der Waals surface area contributed by atoms with E-state index in [0.29, 0.717) is 22.4 Å². The van der Waals surface area contributed by atoms with Crippen LogP contribution in [0, 0.1) is 0 Å². The SMILES string of the molecule is O=C1Oc2ccccc2/C1=C/c1cc(O)cc(O)c1. The summed E-state index contributed by atoms with van der Waals surface area (Å²) in [6.07, 6.45) is 1.58. The van der Waals surface area contributed by atoms with Gasteiger partial charge in [0.15, 0.2) is 0 Å². The number of ether oxygens (including phenoxy) is 1. The molecule has 2 N–H and O–H groups in total. The molecule has 2 aromatic carbocycles. The molecule has 1 heterocycles. The minimum Gasteiger partial charge on any atom is -0.508 e. The number of fused-ring (bicyclic) bond motifs is 1. The number of esters is 1. The zero-order valence-corrected chi connectivity index (χ0v) is 9.83. The molecule has 0 amide bonds. The zero-order chi connectivity index (χ0) is 13.4. The summed E-state index contributed by atoms with van der Waals surface area (Å²) < 4.78 is 5.12. The van der Waals surface area contributed by atoms with E-state index in [0.717, 1.165) is 0 Å². The van der Waals surface area contributed by atoms with E-state index in [1.165, 1.54) is 18.2 Å². The Morgan fingerprint density at radius 2 is 1.68 bits per heavy atom. The second kappa shape index (κ2) is 4.17. The first-order valence-corrected chi connectivity index (χ1v) is 5.70. The van der Waals surface area contributed by atoms with Gasteiger partial charge in [0.25, 0.3) is 0 Å². The monoisotopic (exact) mass is 254 g/mol. The first-order valence-electron chi connectivity index (χ1n) is 5.70. The maximum absolute atomic E-state index is 11.8. The molecule has 0 aliphatic carbocycles. The molecule has 4 heteroatoms. The van der Waals surface area contributed by atoms with Crippen LogP contribution in [0.5, 0.6) is 17.2 Å². The van der Waals surface area contributed by atoms with Crippen LogP contribution in [0.3, 0.4) is 0 Å². The van der Waals surface area contributed by atoms with Crippen LogP contribution >= 0.6 is 0 Å². The number of phenols is 2. The molecule has 0 fully saturated rings. The van der Waals surface area contributed by atoms with E-state index in [4.69, 9.17) is 4.74 Å². The molecule has 19 heavy (non-hydrogen) atoms. The van der Waals surface area contributed by atoms with Gasteiger partial charge in [-0.15, -0.1) is 0 Å². The number of rotatable bonds is 1. The highest BCUT2D eigenvalue weighted by molar-refractivity contribution is 6.25. The number of hydrogen-bond donors (Lipinski definition) is 2. The van der Waals surface area contributed by atoms with Gasteiger partial charge >= 0.3 is 5.97 Å². The van der Waals surface area contributed by atoms with Crippen molar-refractivity contribution in [2.24, 2.45) is 0 Å². The molecule has 0 spiro atoms. The van der Waals surface area contributed by atoms with Crippen molar-refractivity contribution in [3.05, 3.63) is 53.6 Å². The molecule has 0 bridgehead atoms. The van der Waals surface area contributed by atoms with Crippen molar-refractivity contribution in [1.82, 2.24) is 0 Å². The fourth-order valence-electron chi connectivity index (χ4n) is 2.05. The lowest BCUT2D eigenvalue weighted by atomic mass is 10.0. The van der Waals surface area contributed by atoms with Crippen molar-refractivity contribution in [3.63, 3.8) is 0 Å². The predicted octanol–water partition coefficient (Wildman–Crippen LogP) is 2.56. The topological polar surface area (TPSA) is 66.8 Å². The van der Waals surface area contributed by atoms with Gasteiger partial charge in [0.05, 0.1) is 5.57 Å². The fourth-order valence-corrected chi connectivity index (χ4v) is 2.05. The molecular formula is C15H10O4. The number of benzene rings is 2. The van der Waals surface area contributed by atoms with Crippen molar-refractivity contribution < 1.29 is 19.7 Å². The Hall–Kier alpha value is -2.75. The van der Waals surface area contributed by atoms with Gasteiger partial charge in [0.2, 0.25) is 0 Å². The fraction of sp³-hybridized carbons (Fsp3) is 0. The number of hydrogen-bond acceptors (Lipinski definition) is 4. The summed E-state index contributed by atoms with van der Waals surface area (Å²) >= 11 is 0. The number of para-hydroxylation sites is 1. The summed E-state index contributed by atoms with van der Waals surface area (Å²) in [7, 11) is 0. The quantitative estimate of drug-likeness (QED) is 0.466. The summed E-state index contributed by atoms with van der Waals surface area (Å²) in [6.45, 7) is 0. The normalized spacial score (nSPS) is 15.4. The Balaban J connectivity index is 2.11. The summed E-state index contributed by atoms with van der Waals surface area (Å²) in [6, 6.07) is 11.2. The van der Waals surface area contributed by atoms with Crippen LogP contribution in [0.15, 0.2) is 42.5 Å². The van der Waals surface area contributed by atoms with Gasteiger partial charge in [-0.05, 0) is 29.8 Å². The van der Waals surface area contributed by atoms with Crippen LogP contribution < -0.4 is 4.74 Å². The minimum atomic E-state index is -0.441. The minimum absolute atomic E-state index is 0.0634. The maximum Gasteiger partial charge on any atom is 0.344 e. The van der Waals surface area contributed by atoms with E-state index in [9.17, 15) is 15.0 Å². The van der Waals surface area contributed by atoms with E-state index in [1.54, 1.807) is 24.3 Å². The molecule has 0 aromatic heterocycles. The van der Waals surface area contributed by atoms with Crippen molar-refractivity contribution >= 4 is 17.6 Å². The average molecular weight is 254 g/mol. The number of carbonyl (C=O) groups excluding carboxylic acids is 1. The number of phenolic OH excluding ortho intramolecular Hbond substituents is 2. The highest BCUT2D eigenvalue weighted by Crippen LogP contribution is 2.35. The van der Waals surface area contributed by atoms with Crippen molar-refractivity contribution in [2.45, 2.75) is 0 Å². The van der Waals surface area contributed by atoms with Gasteiger partial charge in [0.1, 0.15) is 17.2 Å². The van der Waals surface area contributed by atoms with Crippen LogP contribution in [0.2, 0.25) is 0 Å². The van der Waals surface area contributed by atoms with E-state index >= 15 is 0 Å². The molecule has 0 unspecified atom stereocenters. The molecule has 94 valence electrons. The Labute approximate surface area is 109 Å². The van der Waals surface area contributed by atoms with Crippen molar-refractivity contribution in [2.75, 3.05) is 0 Å². The largest absolute Gasteiger partial charge is 0.508 e. The first kappa shape index (κ1) is 11.3. The van der Waals surface area contributed by atoms with Gasteiger partial charge in [0, 0.05) is 11.6 Å². The highest BCUT2D eigenvalue weighted by atomic mass is 16.5. The molecule has 0 saturated heterocycles. The lowest BCUT2D eigenvalue weighted by Crippen LogP contribution is -2.00. The van der Waals surface area contributed by atoms with Crippen LogP contribution in [0.4, 0.5) is 0 Å². The smallest absolute Gasteiger partial charge is 0.344 e. The molecule has 1 aliphatic heterocycles. The third kappa shape index (κ3) is 2.04. The van der Waals surface area contributed by atoms with Crippen LogP contribution in [-0.2, 0) is 4.79 Å². The van der Waals surface area contributed by atoms with E-state index in [1.807, 2.05) is 6.07 Å². The highest BCUT2D eigenvalue weighted by Gasteiger charge is 2.26. The van der Waals surface area contributed by atoms with Gasteiger partial charge < -0.3 is 14.9 Å². The Morgan fingerprint density at radius 3 is 2.42 bits per heavy atom. The van der Waals surface area contributed by atoms with Crippen LogP contribution in [0.1, 0.15) is 11.1 Å². The summed E-state index contributed by atoms with van der Waals surface area (Å²) in [5, 5.41) is 18.8. The van der Waals surface area contributed by atoms with E-state index in [-0.39, 0.29) is 11.5 Å². The van der Waals surface area contributed by atoms with E-state index < -0.39 is 5.97 Å². The Bertz CT molecular complexity index is 681. The van der Waals surface area contributed by atoms with Gasteiger partial charge in [-0.2, -0.15) is 0 Å². The third-order valence-corrected chi connectivity index (χ3v) is 2.84. The molecule has 4 nitrogen and oxygen atoms in total. The molecule has 1 aliphatic rings. The second-order valence-corrected chi connectivity index (χ2v) is 4.23. The average Bonchev–Trinajstić information content (AvgIpc) is 2.65. The summed E-state index contributed by atoms with van der Waals surface area (Å²) in [4.78, 5) is 11.8. The van der Waals surface area contributed by atoms with Crippen molar-refractivity contribution in [3.8, 4) is 17.2 Å². The lowest BCUT2D eigenvalue weighted by molar-refractivity contribution is -0.126. The first-order chi connectivity index (χ1) is 9.13. The maximum atomic E-state index is 11.8. The lowest BCUT2D eigenvalue weighted by Gasteiger charge is -2.00. The molecule has 0 saturated carbocycles. The molecule has 3 rings (SSSR count). The molecule has 0 radical (unpaired) electrons. The standard InChI is InChI=1S/C15H10O4/c16-10-5-9(6-11(17)8-10)7-13-12-3-1-2-4-14(12)19-15(13)18/h1-8,16-17H/b13-7-. The van der Waals surface area contributed by atoms with E-state index in [2.05, 4.69) is 0 Å². The Kier molecular flexibility index (Phi) is 2.49. The second-order valence-electron chi connectivity index (χ2n) is 4.23. The zero-order valence-electron chi connectivity index (χ0n) is 9.83. The molecular weight excluding hydrogens is 244 g/mol. The third-order valence-electron chi connectivity index (χ3n) is 2.84. The van der Waals surface area contributed by atoms with Gasteiger partial charge in [-0.1, -0.05) is 18.2 Å². The molecule has 2 aromatic rings. The summed E-state index contributed by atoms with van der Waals surface area (Å²) in [5.74, 6) is -0.0508. The number of aromatic hydroxyl groups is 2.